The molecule has 0 spiro atoms. The summed E-state index contributed by atoms with van der Waals surface area (Å²) in [5.41, 5.74) is 7.50. The average Bonchev–Trinajstić information content (AvgIpc) is 2.40. The van der Waals surface area contributed by atoms with E-state index in [1.165, 1.54) is 0 Å². The van der Waals surface area contributed by atoms with E-state index in [2.05, 4.69) is 21.2 Å². The molecule has 1 amide bonds. The number of benzene rings is 1. The minimum atomic E-state index is 0.0760. The minimum Gasteiger partial charge on any atom is -0.398 e. The number of rotatable bonds is 3. The van der Waals surface area contributed by atoms with E-state index in [0.29, 0.717) is 25.4 Å². The van der Waals surface area contributed by atoms with Crippen molar-refractivity contribution < 1.29 is 9.53 Å². The zero-order valence-corrected chi connectivity index (χ0v) is 11.7. The Hall–Kier alpha value is -1.07. The highest BCUT2D eigenvalue weighted by atomic mass is 79.9. The molecule has 1 heterocycles. The zero-order valence-electron chi connectivity index (χ0n) is 10.1. The Labute approximate surface area is 115 Å². The molecule has 1 aromatic carbocycles. The third kappa shape index (κ3) is 3.46. The normalized spacial score (nSPS) is 16.5. The second kappa shape index (κ2) is 6.20. The molecular weight excluding hydrogens is 296 g/mol. The first kappa shape index (κ1) is 13.4. The number of carbonyl (C=O) groups excluding carboxylic acids is 1. The Balaban J connectivity index is 1.90. The molecular formula is C13H17BrN2O2. The van der Waals surface area contributed by atoms with Crippen molar-refractivity contribution in [1.29, 1.82) is 0 Å². The zero-order chi connectivity index (χ0) is 13.0. The molecule has 0 radical (unpaired) electrons. The summed E-state index contributed by atoms with van der Waals surface area (Å²) in [7, 11) is 0. The van der Waals surface area contributed by atoms with Crippen LogP contribution in [0.3, 0.4) is 0 Å². The monoisotopic (exact) mass is 312 g/mol. The molecule has 98 valence electrons. The van der Waals surface area contributed by atoms with Crippen LogP contribution in [-0.4, -0.2) is 19.1 Å². The van der Waals surface area contributed by atoms with E-state index >= 15 is 0 Å². The number of carbonyl (C=O) groups is 1. The van der Waals surface area contributed by atoms with Gasteiger partial charge in [-0.1, -0.05) is 15.9 Å². The van der Waals surface area contributed by atoms with Gasteiger partial charge in [-0.2, -0.15) is 0 Å². The van der Waals surface area contributed by atoms with Crippen molar-refractivity contribution in [1.82, 2.24) is 5.32 Å². The number of nitrogens with one attached hydrogen (secondary N) is 1. The van der Waals surface area contributed by atoms with Crippen LogP contribution in [0.15, 0.2) is 22.7 Å². The number of hydrogen-bond acceptors (Lipinski definition) is 3. The molecule has 0 aliphatic carbocycles. The SMILES string of the molecule is Nc1ccc(Br)cc1CNC(=O)C1CCOCC1. The second-order valence-electron chi connectivity index (χ2n) is 4.45. The molecule has 0 bridgehead atoms. The summed E-state index contributed by atoms with van der Waals surface area (Å²) in [6, 6.07) is 5.65. The Morgan fingerprint density at radius 1 is 1.44 bits per heavy atom. The summed E-state index contributed by atoms with van der Waals surface area (Å²) in [5.74, 6) is 0.171. The van der Waals surface area contributed by atoms with Gasteiger partial charge in [-0.15, -0.1) is 0 Å². The minimum absolute atomic E-state index is 0.0760. The van der Waals surface area contributed by atoms with E-state index in [1.54, 1.807) is 0 Å². The molecule has 0 aromatic heterocycles. The number of amides is 1. The molecule has 4 nitrogen and oxygen atoms in total. The summed E-state index contributed by atoms with van der Waals surface area (Å²) in [6.07, 6.45) is 1.61. The van der Waals surface area contributed by atoms with Crippen molar-refractivity contribution in [3.8, 4) is 0 Å². The van der Waals surface area contributed by atoms with Crippen molar-refractivity contribution in [2.75, 3.05) is 18.9 Å². The van der Waals surface area contributed by atoms with Gasteiger partial charge in [0.15, 0.2) is 0 Å². The van der Waals surface area contributed by atoms with Crippen molar-refractivity contribution in [2.45, 2.75) is 19.4 Å². The fourth-order valence-corrected chi connectivity index (χ4v) is 2.42. The Morgan fingerprint density at radius 3 is 2.89 bits per heavy atom. The first-order valence-corrected chi connectivity index (χ1v) is 6.85. The maximum absolute atomic E-state index is 11.9. The van der Waals surface area contributed by atoms with E-state index < -0.39 is 0 Å². The third-order valence-electron chi connectivity index (χ3n) is 3.15. The fourth-order valence-electron chi connectivity index (χ4n) is 2.01. The van der Waals surface area contributed by atoms with Gasteiger partial charge < -0.3 is 15.8 Å². The van der Waals surface area contributed by atoms with Gasteiger partial charge in [0.05, 0.1) is 0 Å². The smallest absolute Gasteiger partial charge is 0.223 e. The van der Waals surface area contributed by atoms with Crippen LogP contribution in [-0.2, 0) is 16.1 Å². The molecule has 18 heavy (non-hydrogen) atoms. The quantitative estimate of drug-likeness (QED) is 0.840. The summed E-state index contributed by atoms with van der Waals surface area (Å²) < 4.78 is 6.21. The summed E-state index contributed by atoms with van der Waals surface area (Å²) in [4.78, 5) is 11.9. The maximum atomic E-state index is 11.9. The summed E-state index contributed by atoms with van der Waals surface area (Å²) in [6.45, 7) is 1.83. The summed E-state index contributed by atoms with van der Waals surface area (Å²) in [5, 5.41) is 2.94. The largest absolute Gasteiger partial charge is 0.398 e. The fraction of sp³-hybridized carbons (Fsp3) is 0.462. The van der Waals surface area contributed by atoms with Crippen LogP contribution in [0, 0.1) is 5.92 Å². The van der Waals surface area contributed by atoms with Crippen LogP contribution < -0.4 is 11.1 Å². The molecule has 1 aliphatic rings. The van der Waals surface area contributed by atoms with E-state index in [0.717, 1.165) is 22.9 Å². The summed E-state index contributed by atoms with van der Waals surface area (Å²) >= 11 is 3.40. The van der Waals surface area contributed by atoms with E-state index in [4.69, 9.17) is 10.5 Å². The van der Waals surface area contributed by atoms with Crippen LogP contribution >= 0.6 is 15.9 Å². The van der Waals surface area contributed by atoms with Gasteiger partial charge in [-0.25, -0.2) is 0 Å². The van der Waals surface area contributed by atoms with Crippen molar-refractivity contribution in [3.63, 3.8) is 0 Å². The Bertz CT molecular complexity index is 431. The number of nitrogen functional groups attached to an aromatic ring is 1. The number of hydrogen-bond donors (Lipinski definition) is 2. The lowest BCUT2D eigenvalue weighted by atomic mass is 9.99. The van der Waals surface area contributed by atoms with E-state index in [9.17, 15) is 4.79 Å². The lowest BCUT2D eigenvalue weighted by Crippen LogP contribution is -2.34. The number of ether oxygens (including phenoxy) is 1. The highest BCUT2D eigenvalue weighted by Crippen LogP contribution is 2.19. The van der Waals surface area contributed by atoms with Gasteiger partial charge in [0.25, 0.3) is 0 Å². The maximum Gasteiger partial charge on any atom is 0.223 e. The molecule has 0 saturated carbocycles. The van der Waals surface area contributed by atoms with Crippen molar-refractivity contribution in [2.24, 2.45) is 5.92 Å². The molecule has 2 rings (SSSR count). The third-order valence-corrected chi connectivity index (χ3v) is 3.64. The van der Waals surface area contributed by atoms with Gasteiger partial charge in [-0.05, 0) is 36.6 Å². The molecule has 5 heteroatoms. The standard InChI is InChI=1S/C13H17BrN2O2/c14-11-1-2-12(15)10(7-11)8-16-13(17)9-3-5-18-6-4-9/h1-2,7,9H,3-6,8,15H2,(H,16,17). The number of nitrogens with two attached hydrogens (primary N) is 1. The van der Waals surface area contributed by atoms with E-state index in [-0.39, 0.29) is 11.8 Å². The van der Waals surface area contributed by atoms with Crippen LogP contribution in [0.5, 0.6) is 0 Å². The molecule has 1 aliphatic heterocycles. The molecule has 0 atom stereocenters. The van der Waals surface area contributed by atoms with Gasteiger partial charge in [0.1, 0.15) is 0 Å². The highest BCUT2D eigenvalue weighted by Gasteiger charge is 2.21. The topological polar surface area (TPSA) is 64.3 Å². The molecule has 1 saturated heterocycles. The molecule has 1 aromatic rings. The molecule has 0 unspecified atom stereocenters. The average molecular weight is 313 g/mol. The number of halogens is 1. The van der Waals surface area contributed by atoms with Crippen LogP contribution in [0.1, 0.15) is 18.4 Å². The van der Waals surface area contributed by atoms with Gasteiger partial charge >= 0.3 is 0 Å². The van der Waals surface area contributed by atoms with Gasteiger partial charge in [0, 0.05) is 35.8 Å². The van der Waals surface area contributed by atoms with Crippen molar-refractivity contribution in [3.05, 3.63) is 28.2 Å². The predicted molar refractivity (Wildman–Crippen MR) is 73.9 cm³/mol. The Morgan fingerprint density at radius 2 is 2.17 bits per heavy atom. The van der Waals surface area contributed by atoms with Gasteiger partial charge in [0.2, 0.25) is 5.91 Å². The molecule has 3 N–H and O–H groups in total. The first-order valence-electron chi connectivity index (χ1n) is 6.06. The van der Waals surface area contributed by atoms with Gasteiger partial charge in [-0.3, -0.25) is 4.79 Å². The highest BCUT2D eigenvalue weighted by molar-refractivity contribution is 9.10. The van der Waals surface area contributed by atoms with Crippen LogP contribution in [0.25, 0.3) is 0 Å². The predicted octanol–water partition coefficient (Wildman–Crippen LogP) is 2.07. The van der Waals surface area contributed by atoms with Crippen molar-refractivity contribution >= 4 is 27.5 Å². The number of anilines is 1. The lowest BCUT2D eigenvalue weighted by Gasteiger charge is -2.21. The lowest BCUT2D eigenvalue weighted by molar-refractivity contribution is -0.128. The first-order chi connectivity index (χ1) is 8.66. The molecule has 1 fully saturated rings. The Kier molecular flexibility index (Phi) is 4.60. The van der Waals surface area contributed by atoms with Crippen LogP contribution in [0.2, 0.25) is 0 Å². The van der Waals surface area contributed by atoms with Crippen LogP contribution in [0.4, 0.5) is 5.69 Å². The second-order valence-corrected chi connectivity index (χ2v) is 5.36. The van der Waals surface area contributed by atoms with E-state index in [1.807, 2.05) is 18.2 Å².